The van der Waals surface area contributed by atoms with Gasteiger partial charge in [-0.1, -0.05) is 24.3 Å². The maximum absolute atomic E-state index is 12.5. The lowest BCUT2D eigenvalue weighted by atomic mass is 10.1. The van der Waals surface area contributed by atoms with Crippen LogP contribution in [0.4, 0.5) is 11.4 Å². The first-order valence-electron chi connectivity index (χ1n) is 8.72. The number of benzene rings is 2. The van der Waals surface area contributed by atoms with E-state index in [1.807, 2.05) is 48.9 Å². The van der Waals surface area contributed by atoms with Gasteiger partial charge >= 0.3 is 0 Å². The number of anilines is 2. The molecular formula is C21H22N4O2. The summed E-state index contributed by atoms with van der Waals surface area (Å²) < 4.78 is 1.86. The van der Waals surface area contributed by atoms with Gasteiger partial charge in [0.05, 0.1) is 17.8 Å². The zero-order valence-electron chi connectivity index (χ0n) is 15.6. The predicted octanol–water partition coefficient (Wildman–Crippen LogP) is 3.63. The molecule has 0 saturated carbocycles. The monoisotopic (exact) mass is 362 g/mol. The second-order valence-electron chi connectivity index (χ2n) is 6.38. The first-order valence-corrected chi connectivity index (χ1v) is 8.72. The molecule has 0 atom stereocenters. The number of para-hydroxylation sites is 1. The molecule has 6 heteroatoms. The van der Waals surface area contributed by atoms with Gasteiger partial charge in [0.15, 0.2) is 0 Å². The Balaban J connectivity index is 1.75. The highest BCUT2D eigenvalue weighted by Crippen LogP contribution is 2.20. The van der Waals surface area contributed by atoms with Crippen molar-refractivity contribution in [1.29, 1.82) is 0 Å². The van der Waals surface area contributed by atoms with Crippen LogP contribution in [0.25, 0.3) is 5.69 Å². The summed E-state index contributed by atoms with van der Waals surface area (Å²) >= 11 is 0. The van der Waals surface area contributed by atoms with E-state index >= 15 is 0 Å². The highest BCUT2D eigenvalue weighted by molar-refractivity contribution is 5.94. The Hall–Kier alpha value is -3.41. The van der Waals surface area contributed by atoms with Crippen LogP contribution in [0.1, 0.15) is 23.9 Å². The Morgan fingerprint density at radius 3 is 2.30 bits per heavy atom. The molecule has 1 aromatic heterocycles. The number of aromatic nitrogens is 2. The molecule has 0 aliphatic carbocycles. The van der Waals surface area contributed by atoms with Gasteiger partial charge in [-0.2, -0.15) is 5.10 Å². The van der Waals surface area contributed by atoms with Crippen molar-refractivity contribution in [2.45, 2.75) is 27.2 Å². The molecule has 1 heterocycles. The van der Waals surface area contributed by atoms with Crippen LogP contribution in [0.15, 0.2) is 54.6 Å². The van der Waals surface area contributed by atoms with Crippen molar-refractivity contribution < 1.29 is 9.59 Å². The number of carbonyl (C=O) groups excluding carboxylic acids is 2. The largest absolute Gasteiger partial charge is 0.326 e. The van der Waals surface area contributed by atoms with Crippen LogP contribution in [0.5, 0.6) is 0 Å². The minimum absolute atomic E-state index is 0.131. The standard InChI is InChI=1S/C21H22N4O2/c1-14-20(15(2)25(24-14)19-10-5-4-6-11-19)13-21(27)23-18-9-7-8-17(12-18)22-16(3)26/h4-12H,13H2,1-3H3,(H,22,26)(H,23,27). The number of amides is 2. The molecular weight excluding hydrogens is 340 g/mol. The van der Waals surface area contributed by atoms with E-state index in [0.717, 1.165) is 22.6 Å². The van der Waals surface area contributed by atoms with E-state index in [0.29, 0.717) is 11.4 Å². The van der Waals surface area contributed by atoms with Crippen LogP contribution < -0.4 is 10.6 Å². The molecule has 27 heavy (non-hydrogen) atoms. The molecule has 6 nitrogen and oxygen atoms in total. The minimum Gasteiger partial charge on any atom is -0.326 e. The molecule has 0 spiro atoms. The molecule has 0 bridgehead atoms. The van der Waals surface area contributed by atoms with Crippen molar-refractivity contribution in [3.8, 4) is 5.69 Å². The molecule has 0 fully saturated rings. The third-order valence-electron chi connectivity index (χ3n) is 4.25. The number of rotatable bonds is 5. The Labute approximate surface area is 158 Å². The van der Waals surface area contributed by atoms with E-state index in [-0.39, 0.29) is 18.2 Å². The zero-order chi connectivity index (χ0) is 19.4. The van der Waals surface area contributed by atoms with Gasteiger partial charge in [-0.15, -0.1) is 0 Å². The second kappa shape index (κ2) is 7.86. The summed E-state index contributed by atoms with van der Waals surface area (Å²) in [6.45, 7) is 5.32. The van der Waals surface area contributed by atoms with Gasteiger partial charge in [-0.25, -0.2) is 4.68 Å². The Morgan fingerprint density at radius 2 is 1.63 bits per heavy atom. The molecule has 2 N–H and O–H groups in total. The van der Waals surface area contributed by atoms with Gasteiger partial charge < -0.3 is 10.6 Å². The van der Waals surface area contributed by atoms with E-state index in [1.54, 1.807) is 24.3 Å². The van der Waals surface area contributed by atoms with Gasteiger partial charge in [-0.05, 0) is 44.2 Å². The predicted molar refractivity (Wildman–Crippen MR) is 106 cm³/mol. The van der Waals surface area contributed by atoms with E-state index < -0.39 is 0 Å². The molecule has 0 unspecified atom stereocenters. The molecule has 3 aromatic rings. The Bertz CT molecular complexity index is 977. The number of hydrogen-bond acceptors (Lipinski definition) is 3. The highest BCUT2D eigenvalue weighted by atomic mass is 16.2. The quantitative estimate of drug-likeness (QED) is 0.728. The number of nitrogens with zero attached hydrogens (tertiary/aromatic N) is 2. The van der Waals surface area contributed by atoms with Gasteiger partial charge in [-0.3, -0.25) is 9.59 Å². The number of carbonyl (C=O) groups is 2. The summed E-state index contributed by atoms with van der Waals surface area (Å²) in [6.07, 6.45) is 0.231. The van der Waals surface area contributed by atoms with Crippen LogP contribution in [0, 0.1) is 13.8 Å². The summed E-state index contributed by atoms with van der Waals surface area (Å²) in [5.41, 5.74) is 4.93. The van der Waals surface area contributed by atoms with Crippen LogP contribution in [-0.4, -0.2) is 21.6 Å². The average Bonchev–Trinajstić information content (AvgIpc) is 2.90. The number of aryl methyl sites for hydroxylation is 1. The van der Waals surface area contributed by atoms with Crippen molar-refractivity contribution in [1.82, 2.24) is 9.78 Å². The lowest BCUT2D eigenvalue weighted by Crippen LogP contribution is -2.15. The van der Waals surface area contributed by atoms with E-state index in [1.165, 1.54) is 6.92 Å². The number of hydrogen-bond donors (Lipinski definition) is 2. The third kappa shape index (κ3) is 4.41. The van der Waals surface area contributed by atoms with Crippen LogP contribution in [0.3, 0.4) is 0 Å². The maximum atomic E-state index is 12.5. The van der Waals surface area contributed by atoms with Gasteiger partial charge in [0, 0.05) is 29.6 Å². The SMILES string of the molecule is CC(=O)Nc1cccc(NC(=O)Cc2c(C)nn(-c3ccccc3)c2C)c1. The summed E-state index contributed by atoms with van der Waals surface area (Å²) in [5, 5.41) is 10.2. The van der Waals surface area contributed by atoms with E-state index in [2.05, 4.69) is 15.7 Å². The molecule has 138 valence electrons. The van der Waals surface area contributed by atoms with Crippen LogP contribution in [0.2, 0.25) is 0 Å². The lowest BCUT2D eigenvalue weighted by Gasteiger charge is -2.08. The van der Waals surface area contributed by atoms with Gasteiger partial charge in [0.1, 0.15) is 0 Å². The smallest absolute Gasteiger partial charge is 0.228 e. The minimum atomic E-state index is -0.155. The Morgan fingerprint density at radius 1 is 0.963 bits per heavy atom. The summed E-state index contributed by atoms with van der Waals surface area (Å²) in [4.78, 5) is 23.7. The summed E-state index contributed by atoms with van der Waals surface area (Å²) in [7, 11) is 0. The van der Waals surface area contributed by atoms with Crippen molar-refractivity contribution >= 4 is 23.2 Å². The zero-order valence-corrected chi connectivity index (χ0v) is 15.6. The average molecular weight is 362 g/mol. The van der Waals surface area contributed by atoms with Crippen molar-refractivity contribution in [2.24, 2.45) is 0 Å². The fraction of sp³-hybridized carbons (Fsp3) is 0.190. The van der Waals surface area contributed by atoms with Gasteiger partial charge in [0.25, 0.3) is 0 Å². The normalized spacial score (nSPS) is 10.5. The second-order valence-corrected chi connectivity index (χ2v) is 6.38. The summed E-state index contributed by atoms with van der Waals surface area (Å²) in [6, 6.07) is 16.9. The molecule has 0 saturated heterocycles. The molecule has 3 rings (SSSR count). The van der Waals surface area contributed by atoms with Crippen molar-refractivity contribution in [3.63, 3.8) is 0 Å². The van der Waals surface area contributed by atoms with Crippen molar-refractivity contribution in [2.75, 3.05) is 10.6 Å². The Kier molecular flexibility index (Phi) is 5.35. The molecule has 2 amide bonds. The molecule has 0 aliphatic rings. The first kappa shape index (κ1) is 18.4. The molecule has 0 aliphatic heterocycles. The van der Waals surface area contributed by atoms with E-state index in [4.69, 9.17) is 0 Å². The van der Waals surface area contributed by atoms with Crippen LogP contribution >= 0.6 is 0 Å². The fourth-order valence-electron chi connectivity index (χ4n) is 3.00. The van der Waals surface area contributed by atoms with E-state index in [9.17, 15) is 9.59 Å². The fourth-order valence-corrected chi connectivity index (χ4v) is 3.00. The van der Waals surface area contributed by atoms with Crippen LogP contribution in [-0.2, 0) is 16.0 Å². The van der Waals surface area contributed by atoms with Crippen molar-refractivity contribution in [3.05, 3.63) is 71.5 Å². The third-order valence-corrected chi connectivity index (χ3v) is 4.25. The molecule has 2 aromatic carbocycles. The highest BCUT2D eigenvalue weighted by Gasteiger charge is 2.16. The number of nitrogens with one attached hydrogen (secondary N) is 2. The van der Waals surface area contributed by atoms with Gasteiger partial charge in [0.2, 0.25) is 11.8 Å². The first-order chi connectivity index (χ1) is 12.9. The maximum Gasteiger partial charge on any atom is 0.228 e. The molecule has 0 radical (unpaired) electrons. The summed E-state index contributed by atoms with van der Waals surface area (Å²) in [5.74, 6) is -0.285. The lowest BCUT2D eigenvalue weighted by molar-refractivity contribution is -0.116. The topological polar surface area (TPSA) is 76.0 Å².